The summed E-state index contributed by atoms with van der Waals surface area (Å²) in [5.74, 6) is -0.246. The first-order valence-electron chi connectivity index (χ1n) is 4.72. The van der Waals surface area contributed by atoms with Crippen LogP contribution in [0.3, 0.4) is 0 Å². The van der Waals surface area contributed by atoms with E-state index in [0.717, 1.165) is 10.3 Å². The lowest BCUT2D eigenvalue weighted by Gasteiger charge is -1.99. The number of hydrogen-bond donors (Lipinski definition) is 0. The monoisotopic (exact) mass is 220 g/mol. The Bertz CT molecular complexity index is 526. The molecule has 0 aliphatic heterocycles. The average Bonchev–Trinajstić information content (AvgIpc) is 2.55. The molecule has 0 atom stereocenters. The van der Waals surface area contributed by atoms with Crippen molar-refractivity contribution < 1.29 is 9.53 Å². The maximum atomic E-state index is 11.6. The zero-order valence-corrected chi connectivity index (χ0v) is 9.77. The molecule has 0 amide bonds. The van der Waals surface area contributed by atoms with E-state index in [1.54, 1.807) is 11.3 Å². The van der Waals surface area contributed by atoms with E-state index in [0.29, 0.717) is 5.56 Å². The highest BCUT2D eigenvalue weighted by Crippen LogP contribution is 2.33. The molecule has 1 heterocycles. The molecule has 0 aliphatic rings. The molecule has 1 aromatic heterocycles. The Hall–Kier alpha value is -1.35. The highest BCUT2D eigenvalue weighted by molar-refractivity contribution is 7.19. The van der Waals surface area contributed by atoms with Gasteiger partial charge in [-0.2, -0.15) is 0 Å². The molecule has 0 N–H and O–H groups in total. The fraction of sp³-hybridized carbons (Fsp3) is 0.250. The number of fused-ring (bicyclic) bond motifs is 1. The summed E-state index contributed by atoms with van der Waals surface area (Å²) < 4.78 is 5.97. The SMILES string of the molecule is COC(=O)c1c(C)sc2c(C)cccc12. The van der Waals surface area contributed by atoms with Crippen molar-refractivity contribution in [1.29, 1.82) is 0 Å². The summed E-state index contributed by atoms with van der Waals surface area (Å²) in [4.78, 5) is 12.6. The number of hydrogen-bond acceptors (Lipinski definition) is 3. The van der Waals surface area contributed by atoms with E-state index in [4.69, 9.17) is 4.74 Å². The third-order valence-corrected chi connectivity index (χ3v) is 3.73. The minimum absolute atomic E-state index is 0.246. The predicted octanol–water partition coefficient (Wildman–Crippen LogP) is 3.30. The summed E-state index contributed by atoms with van der Waals surface area (Å²) in [5.41, 5.74) is 1.91. The van der Waals surface area contributed by atoms with E-state index in [1.807, 2.05) is 19.1 Å². The van der Waals surface area contributed by atoms with Crippen molar-refractivity contribution in [2.45, 2.75) is 13.8 Å². The lowest BCUT2D eigenvalue weighted by molar-refractivity contribution is 0.0603. The minimum Gasteiger partial charge on any atom is -0.465 e. The van der Waals surface area contributed by atoms with Crippen molar-refractivity contribution in [2.24, 2.45) is 0 Å². The molecule has 15 heavy (non-hydrogen) atoms. The number of thiophene rings is 1. The summed E-state index contributed by atoms with van der Waals surface area (Å²) in [7, 11) is 1.42. The quantitative estimate of drug-likeness (QED) is 0.689. The molecule has 0 spiro atoms. The minimum atomic E-state index is -0.246. The van der Waals surface area contributed by atoms with Crippen LogP contribution < -0.4 is 0 Å². The summed E-state index contributed by atoms with van der Waals surface area (Å²) in [5, 5.41) is 1.00. The van der Waals surface area contributed by atoms with Crippen molar-refractivity contribution >= 4 is 27.4 Å². The first-order valence-corrected chi connectivity index (χ1v) is 5.54. The highest BCUT2D eigenvalue weighted by atomic mass is 32.1. The molecule has 3 heteroatoms. The van der Waals surface area contributed by atoms with Gasteiger partial charge in [-0.1, -0.05) is 18.2 Å². The van der Waals surface area contributed by atoms with Crippen molar-refractivity contribution in [3.05, 3.63) is 34.2 Å². The van der Waals surface area contributed by atoms with Gasteiger partial charge in [-0.3, -0.25) is 0 Å². The molecule has 78 valence electrons. The first-order chi connectivity index (χ1) is 7.15. The van der Waals surface area contributed by atoms with Gasteiger partial charge >= 0.3 is 5.97 Å². The number of rotatable bonds is 1. The second-order valence-electron chi connectivity index (χ2n) is 3.48. The molecule has 2 nitrogen and oxygen atoms in total. The van der Waals surface area contributed by atoms with Gasteiger partial charge in [0.1, 0.15) is 0 Å². The average molecular weight is 220 g/mol. The van der Waals surface area contributed by atoms with Gasteiger partial charge in [0.15, 0.2) is 0 Å². The Labute approximate surface area is 92.5 Å². The van der Waals surface area contributed by atoms with Crippen LogP contribution in [0, 0.1) is 13.8 Å². The van der Waals surface area contributed by atoms with Crippen LogP contribution in [-0.4, -0.2) is 13.1 Å². The zero-order valence-electron chi connectivity index (χ0n) is 8.96. The van der Waals surface area contributed by atoms with E-state index < -0.39 is 0 Å². The second kappa shape index (κ2) is 3.66. The molecule has 1 aromatic carbocycles. The topological polar surface area (TPSA) is 26.3 Å². The predicted molar refractivity (Wildman–Crippen MR) is 62.6 cm³/mol. The fourth-order valence-electron chi connectivity index (χ4n) is 1.73. The van der Waals surface area contributed by atoms with Crippen LogP contribution in [0.2, 0.25) is 0 Å². The van der Waals surface area contributed by atoms with Crippen LogP contribution in [0.4, 0.5) is 0 Å². The van der Waals surface area contributed by atoms with Crippen LogP contribution in [-0.2, 0) is 4.74 Å². The first kappa shape index (κ1) is 10.2. The Morgan fingerprint density at radius 1 is 1.33 bits per heavy atom. The number of benzene rings is 1. The molecule has 0 fully saturated rings. The van der Waals surface area contributed by atoms with Gasteiger partial charge in [0.2, 0.25) is 0 Å². The summed E-state index contributed by atoms with van der Waals surface area (Å²) in [6.45, 7) is 4.01. The number of esters is 1. The third kappa shape index (κ3) is 1.53. The lowest BCUT2D eigenvalue weighted by atomic mass is 10.1. The molecule has 0 radical (unpaired) electrons. The van der Waals surface area contributed by atoms with Gasteiger partial charge < -0.3 is 4.74 Å². The standard InChI is InChI=1S/C12H12O2S/c1-7-5-4-6-9-10(12(13)14-3)8(2)15-11(7)9/h4-6H,1-3H3. The normalized spacial score (nSPS) is 10.6. The molecule has 0 unspecified atom stereocenters. The van der Waals surface area contributed by atoms with Crippen LogP contribution in [0.15, 0.2) is 18.2 Å². The molecular formula is C12H12O2S. The molecule has 0 bridgehead atoms. The van der Waals surface area contributed by atoms with Crippen molar-refractivity contribution in [2.75, 3.05) is 7.11 Å². The van der Waals surface area contributed by atoms with Crippen molar-refractivity contribution in [3.63, 3.8) is 0 Å². The van der Waals surface area contributed by atoms with Crippen LogP contribution >= 0.6 is 11.3 Å². The van der Waals surface area contributed by atoms with Crippen molar-refractivity contribution in [1.82, 2.24) is 0 Å². The van der Waals surface area contributed by atoms with Crippen LogP contribution in [0.25, 0.3) is 10.1 Å². The molecule has 0 aliphatic carbocycles. The third-order valence-electron chi connectivity index (χ3n) is 2.48. The van der Waals surface area contributed by atoms with Crippen LogP contribution in [0.5, 0.6) is 0 Å². The molecular weight excluding hydrogens is 208 g/mol. The maximum absolute atomic E-state index is 11.6. The molecule has 0 saturated heterocycles. The summed E-state index contributed by atoms with van der Waals surface area (Å²) in [6.07, 6.45) is 0. The number of methoxy groups -OCH3 is 1. The lowest BCUT2D eigenvalue weighted by Crippen LogP contribution is -2.01. The fourth-order valence-corrected chi connectivity index (χ4v) is 2.84. The van der Waals surface area contributed by atoms with E-state index in [9.17, 15) is 4.79 Å². The van der Waals surface area contributed by atoms with E-state index in [2.05, 4.69) is 13.0 Å². The van der Waals surface area contributed by atoms with Gasteiger partial charge in [0.25, 0.3) is 0 Å². The van der Waals surface area contributed by atoms with Gasteiger partial charge in [-0.05, 0) is 19.4 Å². The smallest absolute Gasteiger partial charge is 0.339 e. The molecule has 0 saturated carbocycles. The molecule has 2 aromatic rings. The van der Waals surface area contributed by atoms with Gasteiger partial charge in [0.05, 0.1) is 12.7 Å². The summed E-state index contributed by atoms with van der Waals surface area (Å²) >= 11 is 1.65. The Morgan fingerprint density at radius 3 is 2.73 bits per heavy atom. The Balaban J connectivity index is 2.79. The number of carbonyl (C=O) groups excluding carboxylic acids is 1. The van der Waals surface area contributed by atoms with E-state index in [1.165, 1.54) is 17.4 Å². The van der Waals surface area contributed by atoms with Crippen molar-refractivity contribution in [3.8, 4) is 0 Å². The number of carbonyl (C=O) groups is 1. The zero-order chi connectivity index (χ0) is 11.0. The van der Waals surface area contributed by atoms with Gasteiger partial charge in [-0.15, -0.1) is 11.3 Å². The number of ether oxygens (including phenoxy) is 1. The maximum Gasteiger partial charge on any atom is 0.339 e. The highest BCUT2D eigenvalue weighted by Gasteiger charge is 2.17. The number of aryl methyl sites for hydroxylation is 2. The molecule has 2 rings (SSSR count). The van der Waals surface area contributed by atoms with Crippen LogP contribution in [0.1, 0.15) is 20.8 Å². The Kier molecular flexibility index (Phi) is 2.49. The Morgan fingerprint density at radius 2 is 2.07 bits per heavy atom. The largest absolute Gasteiger partial charge is 0.465 e. The van der Waals surface area contributed by atoms with Gasteiger partial charge in [0, 0.05) is 15.0 Å². The van der Waals surface area contributed by atoms with E-state index >= 15 is 0 Å². The summed E-state index contributed by atoms with van der Waals surface area (Å²) in [6, 6.07) is 5.99. The second-order valence-corrected chi connectivity index (χ2v) is 4.70. The van der Waals surface area contributed by atoms with Gasteiger partial charge in [-0.25, -0.2) is 4.79 Å². The van der Waals surface area contributed by atoms with E-state index in [-0.39, 0.29) is 5.97 Å².